The van der Waals surface area contributed by atoms with Gasteiger partial charge in [0.25, 0.3) is 5.91 Å². The largest absolute Gasteiger partial charge is 0.464 e. The Morgan fingerprint density at radius 1 is 0.721 bits per heavy atom. The van der Waals surface area contributed by atoms with Crippen molar-refractivity contribution < 1.29 is 82.9 Å². The van der Waals surface area contributed by atoms with Crippen LogP contribution in [0.1, 0.15) is 28.4 Å². The molecule has 0 fully saturated rings. The summed E-state index contributed by atoms with van der Waals surface area (Å²) < 4.78 is 148. The first kappa shape index (κ1) is 33.7. The van der Waals surface area contributed by atoms with Gasteiger partial charge in [-0.1, -0.05) is 0 Å². The van der Waals surface area contributed by atoms with Crippen LogP contribution >= 0.6 is 0 Å². The van der Waals surface area contributed by atoms with Crippen molar-refractivity contribution in [1.82, 2.24) is 4.90 Å². The van der Waals surface area contributed by atoms with Crippen LogP contribution in [0.5, 0.6) is 23.0 Å². The molecule has 24 heteroatoms. The van der Waals surface area contributed by atoms with Gasteiger partial charge in [0, 0.05) is 18.5 Å². The quantitative estimate of drug-likeness (QED) is 0.171. The molecule has 0 aliphatic carbocycles. The molecule has 238 valence electrons. The molecule has 2 aromatic carbocycles. The molecule has 1 aliphatic rings. The number of carbonyl (C=O) groups is 2. The number of hydrogen-bond donors (Lipinski definition) is 4. The molecule has 4 N–H and O–H groups in total. The van der Waals surface area contributed by atoms with Gasteiger partial charge < -0.3 is 26.4 Å². The van der Waals surface area contributed by atoms with E-state index in [-0.39, 0.29) is 17.7 Å². The van der Waals surface area contributed by atoms with Gasteiger partial charge in [-0.15, -0.1) is 0 Å². The number of hydrogen-bond acceptors (Lipinski definition) is 15. The van der Waals surface area contributed by atoms with E-state index in [9.17, 15) is 43.3 Å². The maximum absolute atomic E-state index is 13.5. The molecule has 0 aromatic heterocycles. The molecule has 1 aliphatic heterocycles. The average molecular weight is 694 g/mol. The van der Waals surface area contributed by atoms with Gasteiger partial charge in [-0.2, -0.15) is 33.7 Å². The lowest BCUT2D eigenvalue weighted by Crippen LogP contribution is -2.49. The van der Waals surface area contributed by atoms with Crippen LogP contribution < -0.4 is 16.7 Å². The van der Waals surface area contributed by atoms with Gasteiger partial charge in [-0.25, -0.2) is 4.79 Å². The first-order chi connectivity index (χ1) is 19.5. The molecule has 1 amide bonds. The number of benzene rings is 2. The molecule has 0 spiro atoms. The van der Waals surface area contributed by atoms with Gasteiger partial charge in [0.1, 0.15) is 6.04 Å². The zero-order valence-corrected chi connectivity index (χ0v) is 24.3. The lowest BCUT2D eigenvalue weighted by molar-refractivity contribution is -0.149. The van der Waals surface area contributed by atoms with Crippen LogP contribution in [-0.4, -0.2) is 81.3 Å². The molecule has 2 aromatic rings. The molecule has 0 saturated heterocycles. The van der Waals surface area contributed by atoms with E-state index in [1.54, 1.807) is 0 Å². The summed E-state index contributed by atoms with van der Waals surface area (Å²) in [6.45, 7) is 0.671. The SMILES string of the molecule is CCOC(=O)C1Cc2cc(OS(=O)(=O)O)c(OS(=O)(=O)O)cc2CN1C(=O)c1ccc(OS(=O)(=O)O)c(OS(=O)(=O)O)c1. The minimum Gasteiger partial charge on any atom is -0.464 e. The van der Waals surface area contributed by atoms with E-state index in [1.165, 1.54) is 6.92 Å². The summed E-state index contributed by atoms with van der Waals surface area (Å²) in [5.74, 6) is -6.07. The minimum atomic E-state index is -5.34. The minimum absolute atomic E-state index is 0.0176. The molecule has 1 atom stereocenters. The Kier molecular flexibility index (Phi) is 9.47. The summed E-state index contributed by atoms with van der Waals surface area (Å²) in [5, 5.41) is 0. The van der Waals surface area contributed by atoms with Crippen molar-refractivity contribution >= 4 is 53.5 Å². The molecule has 0 radical (unpaired) electrons. The first-order valence-corrected chi connectivity index (χ1v) is 16.5. The molecular weight excluding hydrogens is 674 g/mol. The Morgan fingerprint density at radius 2 is 1.16 bits per heavy atom. The number of fused-ring (bicyclic) bond motifs is 1. The van der Waals surface area contributed by atoms with Crippen LogP contribution in [0.3, 0.4) is 0 Å². The Labute approximate surface area is 243 Å². The van der Waals surface area contributed by atoms with Gasteiger partial charge in [0.05, 0.1) is 6.61 Å². The molecule has 43 heavy (non-hydrogen) atoms. The van der Waals surface area contributed by atoms with E-state index < -0.39 is 101 Å². The van der Waals surface area contributed by atoms with Crippen LogP contribution in [0, 0.1) is 0 Å². The predicted molar refractivity (Wildman–Crippen MR) is 136 cm³/mol. The van der Waals surface area contributed by atoms with Gasteiger partial charge >= 0.3 is 47.6 Å². The fraction of sp³-hybridized carbons (Fsp3) is 0.263. The highest BCUT2D eigenvalue weighted by atomic mass is 32.3. The molecule has 0 saturated carbocycles. The van der Waals surface area contributed by atoms with E-state index >= 15 is 0 Å². The summed E-state index contributed by atoms with van der Waals surface area (Å²) in [4.78, 5) is 27.2. The maximum atomic E-state index is 13.5. The molecule has 1 heterocycles. The lowest BCUT2D eigenvalue weighted by Gasteiger charge is -2.35. The highest BCUT2D eigenvalue weighted by molar-refractivity contribution is 7.82. The van der Waals surface area contributed by atoms with Crippen molar-refractivity contribution in [3.63, 3.8) is 0 Å². The summed E-state index contributed by atoms with van der Waals surface area (Å²) >= 11 is 0. The fourth-order valence-corrected chi connectivity index (χ4v) is 5.22. The highest BCUT2D eigenvalue weighted by Crippen LogP contribution is 2.38. The molecule has 3 rings (SSSR count). The highest BCUT2D eigenvalue weighted by Gasteiger charge is 2.38. The third-order valence-electron chi connectivity index (χ3n) is 5.19. The summed E-state index contributed by atoms with van der Waals surface area (Å²) in [7, 11) is -21.1. The summed E-state index contributed by atoms with van der Waals surface area (Å²) in [6, 6.07) is 2.25. The predicted octanol–water partition coefficient (Wildman–Crippen LogP) is -0.457. The van der Waals surface area contributed by atoms with Crippen LogP contribution in [0.25, 0.3) is 0 Å². The number of esters is 1. The zero-order valence-electron chi connectivity index (χ0n) is 21.1. The van der Waals surface area contributed by atoms with Crippen LogP contribution in [0.2, 0.25) is 0 Å². The zero-order chi connectivity index (χ0) is 32.5. The maximum Gasteiger partial charge on any atom is 0.446 e. The van der Waals surface area contributed by atoms with Crippen molar-refractivity contribution in [2.24, 2.45) is 0 Å². The van der Waals surface area contributed by atoms with Crippen LogP contribution in [0.15, 0.2) is 30.3 Å². The van der Waals surface area contributed by atoms with E-state index in [0.29, 0.717) is 12.1 Å². The molecule has 20 nitrogen and oxygen atoms in total. The van der Waals surface area contributed by atoms with E-state index in [1.807, 2.05) is 0 Å². The third-order valence-corrected chi connectivity index (χ3v) is 6.75. The molecule has 0 bridgehead atoms. The van der Waals surface area contributed by atoms with Crippen molar-refractivity contribution in [2.75, 3.05) is 6.61 Å². The van der Waals surface area contributed by atoms with Crippen LogP contribution in [0.4, 0.5) is 0 Å². The summed E-state index contributed by atoms with van der Waals surface area (Å²) in [5.41, 5.74) is -0.480. The Bertz CT molecular complexity index is 1880. The number of carbonyl (C=O) groups excluding carboxylic acids is 2. The number of rotatable bonds is 11. The van der Waals surface area contributed by atoms with E-state index in [4.69, 9.17) is 22.9 Å². The number of nitrogens with zero attached hydrogens (tertiary/aromatic N) is 1. The van der Waals surface area contributed by atoms with Crippen molar-refractivity contribution in [3.8, 4) is 23.0 Å². The first-order valence-electron chi connectivity index (χ1n) is 11.0. The van der Waals surface area contributed by atoms with Gasteiger partial charge in [0.15, 0.2) is 23.0 Å². The standard InChI is InChI=1S/C19H19NO19S4/c1-2-35-19(22)13-5-11-7-16(38-42(29,30)31)17(39-43(32,33)34)8-12(11)9-20(13)18(21)10-3-4-14(36-40(23,24)25)15(6-10)37-41(26,27)28/h3-4,6-8,13H,2,5,9H2,1H3,(H,23,24,25)(H,26,27,28)(H,29,30,31)(H,32,33,34). The average Bonchev–Trinajstić information content (AvgIpc) is 2.81. The van der Waals surface area contributed by atoms with Crippen molar-refractivity contribution in [2.45, 2.75) is 25.9 Å². The van der Waals surface area contributed by atoms with Crippen LogP contribution in [-0.2, 0) is 64.1 Å². The van der Waals surface area contributed by atoms with Gasteiger partial charge in [-0.3, -0.25) is 23.0 Å². The lowest BCUT2D eigenvalue weighted by atomic mass is 9.92. The van der Waals surface area contributed by atoms with Crippen molar-refractivity contribution in [1.29, 1.82) is 0 Å². The smallest absolute Gasteiger partial charge is 0.446 e. The second-order valence-electron chi connectivity index (χ2n) is 8.18. The molecule has 1 unspecified atom stereocenters. The topological polar surface area (TPSA) is 301 Å². The van der Waals surface area contributed by atoms with Gasteiger partial charge in [-0.05, 0) is 48.4 Å². The second kappa shape index (κ2) is 12.1. The Morgan fingerprint density at radius 3 is 1.63 bits per heavy atom. The molecular formula is C19H19NO19S4. The number of amides is 1. The monoisotopic (exact) mass is 693 g/mol. The summed E-state index contributed by atoms with van der Waals surface area (Å²) in [6.07, 6.45) is -0.452. The Balaban J connectivity index is 2.14. The van der Waals surface area contributed by atoms with Gasteiger partial charge in [0.2, 0.25) is 0 Å². The number of ether oxygens (including phenoxy) is 1. The van der Waals surface area contributed by atoms with E-state index in [0.717, 1.165) is 23.1 Å². The normalized spacial score (nSPS) is 15.7. The second-order valence-corrected chi connectivity index (χ2v) is 12.3. The fourth-order valence-electron chi connectivity index (χ4n) is 3.78. The van der Waals surface area contributed by atoms with E-state index in [2.05, 4.69) is 16.7 Å². The van der Waals surface area contributed by atoms with Crippen molar-refractivity contribution in [3.05, 3.63) is 47.0 Å². The third kappa shape index (κ3) is 9.61. The Hall–Kier alpha value is -3.78.